The summed E-state index contributed by atoms with van der Waals surface area (Å²) in [6.07, 6.45) is 1.33. The first-order chi connectivity index (χ1) is 6.43. The highest BCUT2D eigenvalue weighted by molar-refractivity contribution is 7.84. The van der Waals surface area contributed by atoms with Crippen LogP contribution in [0.15, 0.2) is 17.0 Å². The molecule has 1 aromatic carbocycles. The molecule has 0 aliphatic carbocycles. The van der Waals surface area contributed by atoms with Gasteiger partial charge in [0.1, 0.15) is 5.75 Å². The quantitative estimate of drug-likeness (QED) is 0.813. The summed E-state index contributed by atoms with van der Waals surface area (Å²) in [4.78, 5) is 10.6. The Hall–Kier alpha value is -1.07. The Labute approximate surface area is 87.6 Å². The maximum absolute atomic E-state index is 11.1. The van der Waals surface area contributed by atoms with Crippen LogP contribution in [0.5, 0.6) is 5.75 Å². The van der Waals surface area contributed by atoms with E-state index in [1.165, 1.54) is 6.26 Å². The van der Waals surface area contributed by atoms with E-state index in [1.54, 1.807) is 0 Å². The fourth-order valence-corrected chi connectivity index (χ4v) is 1.87. The van der Waals surface area contributed by atoms with Crippen LogP contribution in [0.4, 0.5) is 0 Å². The summed E-state index contributed by atoms with van der Waals surface area (Å²) in [5.74, 6) is -1.52. The Morgan fingerprint density at radius 2 is 2.07 bits per heavy atom. The van der Waals surface area contributed by atoms with Crippen LogP contribution >= 0.6 is 11.6 Å². The van der Waals surface area contributed by atoms with Crippen LogP contribution in [-0.4, -0.2) is 26.6 Å². The van der Waals surface area contributed by atoms with E-state index in [1.807, 2.05) is 0 Å². The number of hydrogen-bond donors (Lipinski definition) is 2. The first kappa shape index (κ1) is 11.0. The normalized spacial score (nSPS) is 12.4. The molecule has 0 amide bonds. The number of carboxylic acids is 1. The van der Waals surface area contributed by atoms with Crippen molar-refractivity contribution in [3.8, 4) is 5.75 Å². The van der Waals surface area contributed by atoms with Gasteiger partial charge >= 0.3 is 5.97 Å². The van der Waals surface area contributed by atoms with Gasteiger partial charge in [-0.3, -0.25) is 4.21 Å². The van der Waals surface area contributed by atoms with Crippen LogP contribution in [0, 0.1) is 0 Å². The molecule has 0 spiro atoms. The Bertz CT molecular complexity index is 416. The van der Waals surface area contributed by atoms with Crippen LogP contribution < -0.4 is 0 Å². The number of halogens is 1. The standard InChI is InChI=1S/C8H7ClO4S/c1-14(13)6-3-4(8(11)12)2-5(9)7(6)10/h2-3,10H,1H3,(H,11,12). The number of aromatic hydroxyl groups is 1. The van der Waals surface area contributed by atoms with E-state index in [4.69, 9.17) is 16.7 Å². The fraction of sp³-hybridized carbons (Fsp3) is 0.125. The molecule has 0 saturated carbocycles. The molecule has 0 fully saturated rings. The van der Waals surface area contributed by atoms with E-state index in [2.05, 4.69) is 0 Å². The lowest BCUT2D eigenvalue weighted by Gasteiger charge is -2.04. The Balaban J connectivity index is 3.43. The highest BCUT2D eigenvalue weighted by Crippen LogP contribution is 2.30. The minimum Gasteiger partial charge on any atom is -0.505 e. The number of rotatable bonds is 2. The third-order valence-electron chi connectivity index (χ3n) is 1.59. The first-order valence-electron chi connectivity index (χ1n) is 3.52. The lowest BCUT2D eigenvalue weighted by atomic mass is 10.2. The molecule has 0 radical (unpaired) electrons. The summed E-state index contributed by atoms with van der Waals surface area (Å²) >= 11 is 5.56. The average Bonchev–Trinajstić information content (AvgIpc) is 2.08. The first-order valence-corrected chi connectivity index (χ1v) is 5.46. The van der Waals surface area contributed by atoms with Gasteiger partial charge in [-0.15, -0.1) is 0 Å². The summed E-state index contributed by atoms with van der Waals surface area (Å²) in [5.41, 5.74) is -0.0991. The summed E-state index contributed by atoms with van der Waals surface area (Å²) in [7, 11) is -1.48. The Morgan fingerprint density at radius 1 is 1.50 bits per heavy atom. The lowest BCUT2D eigenvalue weighted by molar-refractivity contribution is 0.0696. The molecule has 1 rings (SSSR count). The van der Waals surface area contributed by atoms with E-state index in [9.17, 15) is 14.1 Å². The number of carboxylic acid groups (broad SMARTS) is 1. The van der Waals surface area contributed by atoms with Gasteiger partial charge in [0, 0.05) is 6.26 Å². The molecule has 0 aromatic heterocycles. The van der Waals surface area contributed by atoms with E-state index in [-0.39, 0.29) is 21.2 Å². The van der Waals surface area contributed by atoms with Gasteiger partial charge in [0.2, 0.25) is 0 Å². The minimum absolute atomic E-state index is 0.0231. The van der Waals surface area contributed by atoms with Crippen molar-refractivity contribution in [2.45, 2.75) is 4.90 Å². The molecule has 0 heterocycles. The predicted molar refractivity (Wildman–Crippen MR) is 52.4 cm³/mol. The molecule has 14 heavy (non-hydrogen) atoms. The van der Waals surface area contributed by atoms with Crippen LogP contribution in [0.3, 0.4) is 0 Å². The topological polar surface area (TPSA) is 74.6 Å². The molecule has 0 aliphatic rings. The number of aromatic carboxylic acids is 1. The predicted octanol–water partition coefficient (Wildman–Crippen LogP) is 1.48. The largest absolute Gasteiger partial charge is 0.505 e. The molecule has 6 heteroatoms. The highest BCUT2D eigenvalue weighted by Gasteiger charge is 2.14. The van der Waals surface area contributed by atoms with Crippen molar-refractivity contribution in [1.82, 2.24) is 0 Å². The van der Waals surface area contributed by atoms with Crippen LogP contribution in [0.2, 0.25) is 5.02 Å². The van der Waals surface area contributed by atoms with Crippen LogP contribution in [0.1, 0.15) is 10.4 Å². The lowest BCUT2D eigenvalue weighted by Crippen LogP contribution is -1.99. The second-order valence-electron chi connectivity index (χ2n) is 2.56. The zero-order chi connectivity index (χ0) is 10.9. The van der Waals surface area contributed by atoms with Gasteiger partial charge in [-0.05, 0) is 12.1 Å². The Morgan fingerprint density at radius 3 is 2.50 bits per heavy atom. The number of benzene rings is 1. The van der Waals surface area contributed by atoms with Crippen molar-refractivity contribution in [2.24, 2.45) is 0 Å². The maximum atomic E-state index is 11.1. The van der Waals surface area contributed by atoms with Crippen molar-refractivity contribution in [3.05, 3.63) is 22.7 Å². The SMILES string of the molecule is CS(=O)c1cc(C(=O)O)cc(Cl)c1O. The molecule has 4 nitrogen and oxygen atoms in total. The third kappa shape index (κ3) is 2.05. The molecule has 1 aromatic rings. The van der Waals surface area contributed by atoms with Crippen molar-refractivity contribution < 1.29 is 19.2 Å². The fourth-order valence-electron chi connectivity index (χ4n) is 0.916. The van der Waals surface area contributed by atoms with E-state index in [0.717, 1.165) is 12.1 Å². The second kappa shape index (κ2) is 3.98. The molecule has 0 bridgehead atoms. The molecule has 76 valence electrons. The Kier molecular flexibility index (Phi) is 3.13. The smallest absolute Gasteiger partial charge is 0.335 e. The number of phenols is 1. The highest BCUT2D eigenvalue weighted by atomic mass is 35.5. The second-order valence-corrected chi connectivity index (χ2v) is 4.32. The van der Waals surface area contributed by atoms with Gasteiger partial charge in [0.05, 0.1) is 26.3 Å². The zero-order valence-corrected chi connectivity index (χ0v) is 8.72. The van der Waals surface area contributed by atoms with Gasteiger partial charge in [-0.1, -0.05) is 11.6 Å². The van der Waals surface area contributed by atoms with Gasteiger partial charge in [0.15, 0.2) is 0 Å². The molecule has 2 N–H and O–H groups in total. The molecule has 0 saturated heterocycles. The average molecular weight is 235 g/mol. The van der Waals surface area contributed by atoms with Gasteiger partial charge < -0.3 is 10.2 Å². The van der Waals surface area contributed by atoms with Crippen LogP contribution in [-0.2, 0) is 10.8 Å². The summed E-state index contributed by atoms with van der Waals surface area (Å²) < 4.78 is 11.1. The van der Waals surface area contributed by atoms with Gasteiger partial charge in [-0.25, -0.2) is 4.79 Å². The van der Waals surface area contributed by atoms with Crippen molar-refractivity contribution >= 4 is 28.4 Å². The molecule has 1 atom stereocenters. The third-order valence-corrected chi connectivity index (χ3v) is 2.80. The van der Waals surface area contributed by atoms with E-state index in [0.29, 0.717) is 0 Å². The summed E-state index contributed by atoms with van der Waals surface area (Å²) in [6, 6.07) is 2.25. The molecular formula is C8H7ClO4S. The number of hydrogen-bond acceptors (Lipinski definition) is 3. The maximum Gasteiger partial charge on any atom is 0.335 e. The number of carbonyl (C=O) groups is 1. The molecule has 1 unspecified atom stereocenters. The van der Waals surface area contributed by atoms with E-state index < -0.39 is 16.8 Å². The van der Waals surface area contributed by atoms with Crippen LogP contribution in [0.25, 0.3) is 0 Å². The van der Waals surface area contributed by atoms with Crippen molar-refractivity contribution in [2.75, 3.05) is 6.26 Å². The zero-order valence-electron chi connectivity index (χ0n) is 7.15. The van der Waals surface area contributed by atoms with Gasteiger partial charge in [-0.2, -0.15) is 0 Å². The summed E-state index contributed by atoms with van der Waals surface area (Å²) in [5, 5.41) is 17.9. The molecular weight excluding hydrogens is 228 g/mol. The summed E-state index contributed by atoms with van der Waals surface area (Å²) in [6.45, 7) is 0. The van der Waals surface area contributed by atoms with Gasteiger partial charge in [0.25, 0.3) is 0 Å². The monoisotopic (exact) mass is 234 g/mol. The minimum atomic E-state index is -1.48. The van der Waals surface area contributed by atoms with Crippen molar-refractivity contribution in [1.29, 1.82) is 0 Å². The van der Waals surface area contributed by atoms with E-state index >= 15 is 0 Å². The van der Waals surface area contributed by atoms with Crippen molar-refractivity contribution in [3.63, 3.8) is 0 Å². The molecule has 0 aliphatic heterocycles. The number of phenolic OH excluding ortho intramolecular Hbond substituents is 1.